The van der Waals surface area contributed by atoms with E-state index in [-0.39, 0.29) is 30.4 Å². The highest BCUT2D eigenvalue weighted by atomic mass is 16.5. The summed E-state index contributed by atoms with van der Waals surface area (Å²) in [5, 5.41) is 2.32. The molecule has 7 heteroatoms. The van der Waals surface area contributed by atoms with Gasteiger partial charge in [0.2, 0.25) is 11.8 Å². The summed E-state index contributed by atoms with van der Waals surface area (Å²) in [5.41, 5.74) is 1.33. The van der Waals surface area contributed by atoms with Crippen LogP contribution in [0.25, 0.3) is 0 Å². The number of amides is 3. The Bertz CT molecular complexity index is 808. The number of fused-ring (bicyclic) bond motifs is 1. The number of benzene rings is 1. The smallest absolute Gasteiger partial charge is 0.273 e. The van der Waals surface area contributed by atoms with Crippen LogP contribution < -0.4 is 4.74 Å². The minimum atomic E-state index is -0.300. The SMILES string of the molecule is CCC(Oc1ccc2c(c1)CN(N1C(=O)CCCC1=O)C2=O)[C@@H]1CCCN1CC. The van der Waals surface area contributed by atoms with Crippen molar-refractivity contribution in [2.24, 2.45) is 0 Å². The maximum atomic E-state index is 12.8. The average Bonchev–Trinajstić information content (AvgIpc) is 3.31. The third-order valence-corrected chi connectivity index (χ3v) is 6.30. The lowest BCUT2D eigenvalue weighted by molar-refractivity contribution is -0.163. The molecule has 1 unspecified atom stereocenters. The van der Waals surface area contributed by atoms with Crippen LogP contribution in [0.5, 0.6) is 5.75 Å². The van der Waals surface area contributed by atoms with E-state index in [9.17, 15) is 14.4 Å². The zero-order valence-electron chi connectivity index (χ0n) is 17.2. The topological polar surface area (TPSA) is 70.2 Å². The summed E-state index contributed by atoms with van der Waals surface area (Å²) < 4.78 is 6.34. The molecule has 2 atom stereocenters. The van der Waals surface area contributed by atoms with Gasteiger partial charge in [0.25, 0.3) is 5.91 Å². The Balaban J connectivity index is 1.51. The van der Waals surface area contributed by atoms with Gasteiger partial charge in [0.1, 0.15) is 11.9 Å². The van der Waals surface area contributed by atoms with Gasteiger partial charge in [0.05, 0.1) is 6.54 Å². The van der Waals surface area contributed by atoms with E-state index in [0.29, 0.717) is 30.9 Å². The van der Waals surface area contributed by atoms with Gasteiger partial charge in [-0.05, 0) is 62.5 Å². The molecule has 156 valence electrons. The fourth-order valence-corrected chi connectivity index (χ4v) is 4.80. The molecular formula is C22H29N3O4. The molecule has 1 aromatic rings. The molecule has 0 aliphatic carbocycles. The van der Waals surface area contributed by atoms with Crippen molar-refractivity contribution < 1.29 is 19.1 Å². The average molecular weight is 399 g/mol. The van der Waals surface area contributed by atoms with Gasteiger partial charge in [0, 0.05) is 24.4 Å². The number of rotatable bonds is 6. The number of carbonyl (C=O) groups is 3. The molecule has 3 aliphatic heterocycles. The first-order valence-electron chi connectivity index (χ1n) is 10.7. The van der Waals surface area contributed by atoms with Crippen molar-refractivity contribution in [2.75, 3.05) is 13.1 Å². The maximum absolute atomic E-state index is 12.8. The second kappa shape index (κ2) is 8.14. The Morgan fingerprint density at radius 3 is 2.55 bits per heavy atom. The lowest BCUT2D eigenvalue weighted by atomic mass is 10.1. The van der Waals surface area contributed by atoms with Crippen molar-refractivity contribution in [3.63, 3.8) is 0 Å². The number of hydrogen-bond donors (Lipinski definition) is 0. The summed E-state index contributed by atoms with van der Waals surface area (Å²) in [5.74, 6) is -0.156. The molecular weight excluding hydrogens is 370 g/mol. The predicted octanol–water partition coefficient (Wildman–Crippen LogP) is 2.74. The third kappa shape index (κ3) is 3.64. The summed E-state index contributed by atoms with van der Waals surface area (Å²) in [6, 6.07) is 5.89. The van der Waals surface area contributed by atoms with Crippen LogP contribution in [-0.2, 0) is 16.1 Å². The summed E-state index contributed by atoms with van der Waals surface area (Å²) in [6.45, 7) is 6.69. The minimum absolute atomic E-state index is 0.106. The van der Waals surface area contributed by atoms with Gasteiger partial charge in [-0.25, -0.2) is 5.01 Å². The Morgan fingerprint density at radius 1 is 1.10 bits per heavy atom. The number of likely N-dealkylation sites (N-methyl/N-ethyl adjacent to an activating group) is 1. The monoisotopic (exact) mass is 399 g/mol. The van der Waals surface area contributed by atoms with E-state index >= 15 is 0 Å². The second-order valence-electron chi connectivity index (χ2n) is 8.04. The van der Waals surface area contributed by atoms with Crippen LogP contribution in [0.2, 0.25) is 0 Å². The van der Waals surface area contributed by atoms with Gasteiger partial charge in [-0.2, -0.15) is 5.01 Å². The maximum Gasteiger partial charge on any atom is 0.273 e. The third-order valence-electron chi connectivity index (χ3n) is 6.30. The van der Waals surface area contributed by atoms with Crippen LogP contribution >= 0.6 is 0 Å². The zero-order chi connectivity index (χ0) is 20.5. The highest BCUT2D eigenvalue weighted by Gasteiger charge is 2.39. The lowest BCUT2D eigenvalue weighted by Crippen LogP contribution is -2.51. The Hall–Kier alpha value is -2.41. The molecule has 0 aromatic heterocycles. The Morgan fingerprint density at radius 2 is 1.86 bits per heavy atom. The molecule has 0 radical (unpaired) electrons. The second-order valence-corrected chi connectivity index (χ2v) is 8.04. The van der Waals surface area contributed by atoms with E-state index in [1.54, 1.807) is 6.07 Å². The lowest BCUT2D eigenvalue weighted by Gasteiger charge is -2.32. The Kier molecular flexibility index (Phi) is 5.58. The molecule has 3 heterocycles. The molecule has 29 heavy (non-hydrogen) atoms. The number of hydrogen-bond acceptors (Lipinski definition) is 5. The van der Waals surface area contributed by atoms with Crippen molar-refractivity contribution in [3.05, 3.63) is 29.3 Å². The van der Waals surface area contributed by atoms with Gasteiger partial charge < -0.3 is 4.74 Å². The molecule has 2 saturated heterocycles. The normalized spacial score (nSPS) is 23.7. The van der Waals surface area contributed by atoms with E-state index in [1.807, 2.05) is 12.1 Å². The van der Waals surface area contributed by atoms with Crippen LogP contribution in [0.4, 0.5) is 0 Å². The first-order valence-corrected chi connectivity index (χ1v) is 10.7. The standard InChI is InChI=1S/C22H29N3O4/c1-3-19(18-7-6-12-23(18)4-2)29-16-10-11-17-15(13-16)14-24(22(17)28)25-20(26)8-5-9-21(25)27/h10-11,13,18-19H,3-9,12,14H2,1-2H3/t18-,19?/m0/s1. The number of imide groups is 1. The largest absolute Gasteiger partial charge is 0.489 e. The van der Waals surface area contributed by atoms with E-state index in [2.05, 4.69) is 18.7 Å². The van der Waals surface area contributed by atoms with Gasteiger partial charge >= 0.3 is 0 Å². The number of nitrogens with zero attached hydrogens (tertiary/aromatic N) is 3. The first-order chi connectivity index (χ1) is 14.0. The molecule has 2 fully saturated rings. The molecule has 0 saturated carbocycles. The van der Waals surface area contributed by atoms with Crippen LogP contribution in [0.3, 0.4) is 0 Å². The molecule has 4 rings (SSSR count). The van der Waals surface area contributed by atoms with Crippen molar-refractivity contribution in [2.45, 2.75) is 71.1 Å². The van der Waals surface area contributed by atoms with E-state index in [1.165, 1.54) is 11.4 Å². The van der Waals surface area contributed by atoms with Crippen molar-refractivity contribution >= 4 is 17.7 Å². The summed E-state index contributed by atoms with van der Waals surface area (Å²) in [4.78, 5) is 39.7. The van der Waals surface area contributed by atoms with Crippen LogP contribution in [0.1, 0.15) is 68.3 Å². The van der Waals surface area contributed by atoms with Gasteiger partial charge in [-0.3, -0.25) is 19.3 Å². The van der Waals surface area contributed by atoms with E-state index in [4.69, 9.17) is 4.74 Å². The minimum Gasteiger partial charge on any atom is -0.489 e. The fraction of sp³-hybridized carbons (Fsp3) is 0.591. The number of hydrazine groups is 1. The Labute approximate surface area is 171 Å². The number of piperidine rings is 1. The van der Waals surface area contributed by atoms with Crippen LogP contribution in [-0.4, -0.2) is 57.9 Å². The van der Waals surface area contributed by atoms with Gasteiger partial charge in [0.15, 0.2) is 0 Å². The van der Waals surface area contributed by atoms with Gasteiger partial charge in [-0.1, -0.05) is 13.8 Å². The highest BCUT2D eigenvalue weighted by Crippen LogP contribution is 2.31. The predicted molar refractivity (Wildman–Crippen MR) is 107 cm³/mol. The highest BCUT2D eigenvalue weighted by molar-refractivity contribution is 6.04. The number of ether oxygens (including phenoxy) is 1. The molecule has 0 spiro atoms. The summed E-state index contributed by atoms with van der Waals surface area (Å²) >= 11 is 0. The van der Waals surface area contributed by atoms with Gasteiger partial charge in [-0.15, -0.1) is 0 Å². The van der Waals surface area contributed by atoms with Crippen LogP contribution in [0, 0.1) is 0 Å². The number of carbonyl (C=O) groups excluding carboxylic acids is 3. The van der Waals surface area contributed by atoms with Crippen molar-refractivity contribution in [1.82, 2.24) is 14.9 Å². The zero-order valence-corrected chi connectivity index (χ0v) is 17.2. The molecule has 0 bridgehead atoms. The van der Waals surface area contributed by atoms with E-state index in [0.717, 1.165) is 42.3 Å². The first kappa shape index (κ1) is 19.9. The molecule has 1 aromatic carbocycles. The summed E-state index contributed by atoms with van der Waals surface area (Å²) in [6.07, 6.45) is 4.51. The van der Waals surface area contributed by atoms with Crippen molar-refractivity contribution in [1.29, 1.82) is 0 Å². The fourth-order valence-electron chi connectivity index (χ4n) is 4.80. The molecule has 3 aliphatic rings. The van der Waals surface area contributed by atoms with Crippen molar-refractivity contribution in [3.8, 4) is 5.75 Å². The molecule has 0 N–H and O–H groups in total. The quantitative estimate of drug-likeness (QED) is 0.688. The summed E-state index contributed by atoms with van der Waals surface area (Å²) in [7, 11) is 0. The number of likely N-dealkylation sites (tertiary alicyclic amines) is 1. The van der Waals surface area contributed by atoms with Crippen LogP contribution in [0.15, 0.2) is 18.2 Å². The van der Waals surface area contributed by atoms with E-state index < -0.39 is 0 Å². The molecule has 3 amide bonds. The molecule has 7 nitrogen and oxygen atoms in total.